The maximum absolute atomic E-state index is 13.1. The predicted molar refractivity (Wildman–Crippen MR) is 84.6 cm³/mol. The molecule has 0 radical (unpaired) electrons. The quantitative estimate of drug-likeness (QED) is 0.870. The summed E-state index contributed by atoms with van der Waals surface area (Å²) < 4.78 is 13.1. The minimum absolute atomic E-state index is 0.0193. The highest BCUT2D eigenvalue weighted by molar-refractivity contribution is 7.13. The van der Waals surface area contributed by atoms with Crippen LogP contribution in [-0.4, -0.2) is 16.9 Å². The number of halogens is 2. The molecule has 0 aliphatic heterocycles. The van der Waals surface area contributed by atoms with E-state index in [1.54, 1.807) is 6.07 Å². The number of anilines is 2. The van der Waals surface area contributed by atoms with Gasteiger partial charge < -0.3 is 10.6 Å². The number of aromatic nitrogens is 1. The molecule has 2 N–H and O–H groups in total. The van der Waals surface area contributed by atoms with E-state index in [0.717, 1.165) is 5.69 Å². The van der Waals surface area contributed by atoms with Crippen LogP contribution in [0.5, 0.6) is 0 Å². The van der Waals surface area contributed by atoms with Gasteiger partial charge in [-0.3, -0.25) is 4.79 Å². The number of amides is 1. The van der Waals surface area contributed by atoms with Gasteiger partial charge in [0.05, 0.1) is 10.7 Å². The predicted octanol–water partition coefficient (Wildman–Crippen LogP) is 4.07. The standard InChI is InChI=1S/C14H15ClFN3OS/c1-3-12(13(20)19-14-17-8(2)7-21-14)18-9-4-5-11(16)10(15)6-9/h4-7,12,18H,3H2,1-2H3,(H,17,19,20)/t12-/m1/s1. The lowest BCUT2D eigenvalue weighted by molar-refractivity contribution is -0.116. The molecule has 7 heteroatoms. The van der Waals surface area contributed by atoms with Crippen molar-refractivity contribution < 1.29 is 9.18 Å². The zero-order valence-electron chi connectivity index (χ0n) is 11.6. The van der Waals surface area contributed by atoms with Crippen LogP contribution in [0.2, 0.25) is 5.02 Å². The van der Waals surface area contributed by atoms with Crippen LogP contribution in [0.4, 0.5) is 15.2 Å². The number of hydrogen-bond donors (Lipinski definition) is 2. The minimum Gasteiger partial charge on any atom is -0.374 e. The maximum Gasteiger partial charge on any atom is 0.248 e. The molecule has 0 spiro atoms. The lowest BCUT2D eigenvalue weighted by Gasteiger charge is -2.17. The summed E-state index contributed by atoms with van der Waals surface area (Å²) in [6, 6.07) is 3.82. The van der Waals surface area contributed by atoms with Gasteiger partial charge in [-0.05, 0) is 31.5 Å². The molecule has 0 aliphatic carbocycles. The third-order valence-corrected chi connectivity index (χ3v) is 4.00. The normalized spacial score (nSPS) is 12.0. The summed E-state index contributed by atoms with van der Waals surface area (Å²) in [6.45, 7) is 3.75. The first-order chi connectivity index (χ1) is 9.99. The number of aryl methyl sites for hydroxylation is 1. The number of benzene rings is 1. The first kappa shape index (κ1) is 15.7. The Labute approximate surface area is 131 Å². The Kier molecular flexibility index (Phi) is 5.14. The summed E-state index contributed by atoms with van der Waals surface area (Å²) >= 11 is 7.10. The SMILES string of the molecule is CC[C@@H](Nc1ccc(F)c(Cl)c1)C(=O)Nc1nc(C)cs1. The molecule has 1 aromatic carbocycles. The van der Waals surface area contributed by atoms with Crippen molar-refractivity contribution in [2.45, 2.75) is 26.3 Å². The van der Waals surface area contributed by atoms with Crippen molar-refractivity contribution in [3.63, 3.8) is 0 Å². The van der Waals surface area contributed by atoms with E-state index in [2.05, 4.69) is 15.6 Å². The highest BCUT2D eigenvalue weighted by atomic mass is 35.5. The Bertz CT molecular complexity index is 647. The number of nitrogens with zero attached hydrogens (tertiary/aromatic N) is 1. The molecule has 2 rings (SSSR count). The molecule has 0 fully saturated rings. The fourth-order valence-corrected chi connectivity index (χ4v) is 2.62. The first-order valence-electron chi connectivity index (χ1n) is 6.44. The number of carbonyl (C=O) groups excluding carboxylic acids is 1. The van der Waals surface area contributed by atoms with E-state index in [4.69, 9.17) is 11.6 Å². The second-order valence-electron chi connectivity index (χ2n) is 4.52. The Hall–Kier alpha value is -1.66. The molecule has 112 valence electrons. The van der Waals surface area contributed by atoms with E-state index in [-0.39, 0.29) is 10.9 Å². The van der Waals surface area contributed by atoms with Gasteiger partial charge in [-0.2, -0.15) is 0 Å². The highest BCUT2D eigenvalue weighted by Gasteiger charge is 2.17. The molecule has 0 aliphatic rings. The minimum atomic E-state index is -0.488. The summed E-state index contributed by atoms with van der Waals surface area (Å²) in [5, 5.41) is 8.24. The van der Waals surface area contributed by atoms with Crippen LogP contribution >= 0.6 is 22.9 Å². The van der Waals surface area contributed by atoms with Crippen LogP contribution in [0.3, 0.4) is 0 Å². The molecule has 0 unspecified atom stereocenters. The van der Waals surface area contributed by atoms with Crippen LogP contribution in [0, 0.1) is 12.7 Å². The zero-order valence-corrected chi connectivity index (χ0v) is 13.2. The van der Waals surface area contributed by atoms with Gasteiger partial charge in [-0.25, -0.2) is 9.37 Å². The Balaban J connectivity index is 2.04. The second-order valence-corrected chi connectivity index (χ2v) is 5.78. The average Bonchev–Trinajstić information content (AvgIpc) is 2.85. The van der Waals surface area contributed by atoms with Crippen molar-refractivity contribution in [2.24, 2.45) is 0 Å². The van der Waals surface area contributed by atoms with E-state index >= 15 is 0 Å². The van der Waals surface area contributed by atoms with Gasteiger partial charge in [-0.15, -0.1) is 11.3 Å². The third-order valence-electron chi connectivity index (χ3n) is 2.83. The monoisotopic (exact) mass is 327 g/mol. The summed E-state index contributed by atoms with van der Waals surface area (Å²) in [5.41, 5.74) is 1.46. The molecular weight excluding hydrogens is 313 g/mol. The zero-order chi connectivity index (χ0) is 15.4. The van der Waals surface area contributed by atoms with E-state index in [1.807, 2.05) is 19.2 Å². The molecule has 4 nitrogen and oxygen atoms in total. The van der Waals surface area contributed by atoms with Crippen molar-refractivity contribution in [3.8, 4) is 0 Å². The van der Waals surface area contributed by atoms with Gasteiger partial charge in [0.1, 0.15) is 11.9 Å². The third kappa shape index (κ3) is 4.15. The number of carbonyl (C=O) groups is 1. The summed E-state index contributed by atoms with van der Waals surface area (Å²) in [5.74, 6) is -0.676. The van der Waals surface area contributed by atoms with Crippen LogP contribution in [-0.2, 0) is 4.79 Å². The van der Waals surface area contributed by atoms with Crippen LogP contribution in [0.15, 0.2) is 23.6 Å². The Morgan fingerprint density at radius 2 is 2.29 bits per heavy atom. The molecule has 1 heterocycles. The number of hydrogen-bond acceptors (Lipinski definition) is 4. The van der Waals surface area contributed by atoms with Crippen molar-refractivity contribution in [1.82, 2.24) is 4.98 Å². The number of thiazole rings is 1. The van der Waals surface area contributed by atoms with E-state index in [1.165, 1.54) is 23.5 Å². The first-order valence-corrected chi connectivity index (χ1v) is 7.70. The fraction of sp³-hybridized carbons (Fsp3) is 0.286. The molecule has 1 amide bonds. The molecule has 1 aromatic heterocycles. The number of rotatable bonds is 5. The Morgan fingerprint density at radius 1 is 1.52 bits per heavy atom. The van der Waals surface area contributed by atoms with E-state index in [0.29, 0.717) is 17.2 Å². The molecular formula is C14H15ClFN3OS. The van der Waals surface area contributed by atoms with E-state index in [9.17, 15) is 9.18 Å². The summed E-state index contributed by atoms with van der Waals surface area (Å²) in [7, 11) is 0. The second kappa shape index (κ2) is 6.87. The molecule has 0 saturated heterocycles. The highest BCUT2D eigenvalue weighted by Crippen LogP contribution is 2.21. The van der Waals surface area contributed by atoms with Gasteiger partial charge in [-0.1, -0.05) is 18.5 Å². The fourth-order valence-electron chi connectivity index (χ4n) is 1.74. The van der Waals surface area contributed by atoms with Crippen molar-refractivity contribution in [1.29, 1.82) is 0 Å². The van der Waals surface area contributed by atoms with Gasteiger partial charge in [0.2, 0.25) is 5.91 Å². The van der Waals surface area contributed by atoms with Gasteiger partial charge in [0.25, 0.3) is 0 Å². The summed E-state index contributed by atoms with van der Waals surface area (Å²) in [6.07, 6.45) is 0.575. The van der Waals surface area contributed by atoms with Crippen molar-refractivity contribution >= 4 is 39.7 Å². The van der Waals surface area contributed by atoms with Crippen LogP contribution in [0.25, 0.3) is 0 Å². The van der Waals surface area contributed by atoms with Gasteiger partial charge in [0, 0.05) is 11.1 Å². The molecule has 1 atom stereocenters. The molecule has 0 bridgehead atoms. The molecule has 21 heavy (non-hydrogen) atoms. The topological polar surface area (TPSA) is 54.0 Å². The lowest BCUT2D eigenvalue weighted by atomic mass is 10.2. The van der Waals surface area contributed by atoms with Crippen molar-refractivity contribution in [2.75, 3.05) is 10.6 Å². The number of nitrogens with one attached hydrogen (secondary N) is 2. The van der Waals surface area contributed by atoms with Gasteiger partial charge in [0.15, 0.2) is 5.13 Å². The maximum atomic E-state index is 13.1. The van der Waals surface area contributed by atoms with Crippen molar-refractivity contribution in [3.05, 3.63) is 40.1 Å². The largest absolute Gasteiger partial charge is 0.374 e. The molecule has 2 aromatic rings. The lowest BCUT2D eigenvalue weighted by Crippen LogP contribution is -2.34. The molecule has 0 saturated carbocycles. The average molecular weight is 328 g/mol. The van der Waals surface area contributed by atoms with Crippen LogP contribution in [0.1, 0.15) is 19.0 Å². The Morgan fingerprint density at radius 3 is 2.86 bits per heavy atom. The summed E-state index contributed by atoms with van der Waals surface area (Å²) in [4.78, 5) is 16.4. The smallest absolute Gasteiger partial charge is 0.248 e. The van der Waals surface area contributed by atoms with Gasteiger partial charge >= 0.3 is 0 Å². The van der Waals surface area contributed by atoms with E-state index < -0.39 is 11.9 Å². The van der Waals surface area contributed by atoms with Crippen LogP contribution < -0.4 is 10.6 Å².